The minimum Gasteiger partial charge on any atom is -0.470 e. The van der Waals surface area contributed by atoms with E-state index in [9.17, 15) is 15.0 Å². The molecule has 13 heavy (non-hydrogen) atoms. The summed E-state index contributed by atoms with van der Waals surface area (Å²) in [5.41, 5.74) is -1.53. The van der Waals surface area contributed by atoms with Crippen molar-refractivity contribution >= 4 is 5.91 Å². The Kier molecular flexibility index (Phi) is 2.32. The summed E-state index contributed by atoms with van der Waals surface area (Å²) in [6.07, 6.45) is -2.11. The number of nitrogens with one attached hydrogen (secondary N) is 1. The fraction of sp³-hybridized carbons (Fsp3) is 0.625. The smallest absolute Gasteiger partial charge is 0.219 e. The van der Waals surface area contributed by atoms with Crippen molar-refractivity contribution in [1.29, 1.82) is 0 Å². The summed E-state index contributed by atoms with van der Waals surface area (Å²) in [5.74, 6) is -0.282. The topological polar surface area (TPSA) is 78.8 Å². The first-order chi connectivity index (χ1) is 5.85. The zero-order valence-electron chi connectivity index (χ0n) is 7.57. The van der Waals surface area contributed by atoms with Crippen molar-refractivity contribution in [1.82, 2.24) is 5.32 Å². The lowest BCUT2D eigenvalue weighted by Gasteiger charge is -2.25. The van der Waals surface area contributed by atoms with Crippen LogP contribution in [0.2, 0.25) is 0 Å². The molecule has 1 aliphatic heterocycles. The van der Waals surface area contributed by atoms with Crippen molar-refractivity contribution in [3.63, 3.8) is 0 Å². The van der Waals surface area contributed by atoms with Crippen LogP contribution in [0.25, 0.3) is 0 Å². The number of ether oxygens (including phenoxy) is 1. The number of amides is 1. The van der Waals surface area contributed by atoms with E-state index in [-0.39, 0.29) is 11.7 Å². The van der Waals surface area contributed by atoms with Crippen LogP contribution in [0, 0.1) is 0 Å². The van der Waals surface area contributed by atoms with E-state index in [2.05, 4.69) is 11.9 Å². The molecule has 0 bridgehead atoms. The average molecular weight is 187 g/mol. The van der Waals surface area contributed by atoms with Gasteiger partial charge in [0.15, 0.2) is 5.60 Å². The maximum Gasteiger partial charge on any atom is 0.219 e. The zero-order chi connectivity index (χ0) is 10.2. The van der Waals surface area contributed by atoms with Gasteiger partial charge in [0.25, 0.3) is 0 Å². The molecular formula is C8H13NO4. The second kappa shape index (κ2) is 3.01. The van der Waals surface area contributed by atoms with E-state index in [1.807, 2.05) is 0 Å². The fourth-order valence-electron chi connectivity index (χ4n) is 1.16. The number of aliphatic hydroxyl groups excluding tert-OH is 1. The minimum atomic E-state index is -1.53. The Morgan fingerprint density at radius 3 is 2.62 bits per heavy atom. The highest BCUT2D eigenvalue weighted by atomic mass is 16.6. The predicted molar refractivity (Wildman–Crippen MR) is 44.5 cm³/mol. The van der Waals surface area contributed by atoms with E-state index in [0.29, 0.717) is 0 Å². The van der Waals surface area contributed by atoms with Crippen LogP contribution in [0.3, 0.4) is 0 Å². The highest BCUT2D eigenvalue weighted by molar-refractivity contribution is 5.73. The molecule has 1 fully saturated rings. The summed E-state index contributed by atoms with van der Waals surface area (Å²) >= 11 is 0. The lowest BCUT2D eigenvalue weighted by Crippen LogP contribution is -2.52. The number of hydrogen-bond donors (Lipinski definition) is 3. The number of carbonyl (C=O) groups excluding carboxylic acids is 1. The van der Waals surface area contributed by atoms with Gasteiger partial charge in [-0.25, -0.2) is 0 Å². The van der Waals surface area contributed by atoms with Gasteiger partial charge in [-0.05, 0) is 6.92 Å². The highest BCUT2D eigenvalue weighted by Gasteiger charge is 2.49. The Balaban J connectivity index is 2.78. The van der Waals surface area contributed by atoms with Gasteiger partial charge in [0, 0.05) is 6.92 Å². The maximum absolute atomic E-state index is 10.7. The second-order valence-electron chi connectivity index (χ2n) is 3.29. The van der Waals surface area contributed by atoms with Gasteiger partial charge >= 0.3 is 0 Å². The molecule has 1 rings (SSSR count). The molecule has 0 aromatic rings. The van der Waals surface area contributed by atoms with E-state index in [1.54, 1.807) is 0 Å². The number of hydrogen-bond acceptors (Lipinski definition) is 4. The van der Waals surface area contributed by atoms with Crippen molar-refractivity contribution in [3.8, 4) is 0 Å². The van der Waals surface area contributed by atoms with Crippen LogP contribution < -0.4 is 5.32 Å². The van der Waals surface area contributed by atoms with Crippen molar-refractivity contribution < 1.29 is 19.7 Å². The van der Waals surface area contributed by atoms with E-state index in [1.165, 1.54) is 13.8 Å². The van der Waals surface area contributed by atoms with E-state index in [0.717, 1.165) is 0 Å². The molecule has 0 spiro atoms. The molecule has 1 saturated heterocycles. The average Bonchev–Trinajstić information content (AvgIpc) is 2.15. The molecule has 1 aliphatic rings. The van der Waals surface area contributed by atoms with E-state index < -0.39 is 17.9 Å². The first kappa shape index (κ1) is 10.0. The van der Waals surface area contributed by atoms with Crippen LogP contribution in [-0.4, -0.2) is 34.1 Å². The Morgan fingerprint density at radius 1 is 1.77 bits per heavy atom. The molecule has 3 atom stereocenters. The lowest BCUT2D eigenvalue weighted by molar-refractivity contribution is -0.128. The number of rotatable bonds is 1. The number of aliphatic hydroxyl groups is 2. The van der Waals surface area contributed by atoms with Gasteiger partial charge in [-0.15, -0.1) is 0 Å². The first-order valence-corrected chi connectivity index (χ1v) is 3.88. The summed E-state index contributed by atoms with van der Waals surface area (Å²) in [5, 5.41) is 21.4. The first-order valence-electron chi connectivity index (χ1n) is 3.88. The van der Waals surface area contributed by atoms with Crippen LogP contribution in [0.4, 0.5) is 0 Å². The zero-order valence-corrected chi connectivity index (χ0v) is 7.57. The van der Waals surface area contributed by atoms with Crippen molar-refractivity contribution in [2.45, 2.75) is 31.8 Å². The molecule has 74 valence electrons. The fourth-order valence-corrected chi connectivity index (χ4v) is 1.16. The third-order valence-electron chi connectivity index (χ3n) is 1.99. The monoisotopic (exact) mass is 187 g/mol. The normalized spacial score (nSPS) is 38.6. The van der Waals surface area contributed by atoms with Crippen LogP contribution in [-0.2, 0) is 9.53 Å². The summed E-state index contributed by atoms with van der Waals surface area (Å²) in [6, 6.07) is 0. The quantitative estimate of drug-likeness (QED) is 0.497. The van der Waals surface area contributed by atoms with Crippen molar-refractivity contribution in [3.05, 3.63) is 12.3 Å². The summed E-state index contributed by atoms with van der Waals surface area (Å²) in [7, 11) is 0. The van der Waals surface area contributed by atoms with Crippen molar-refractivity contribution in [2.24, 2.45) is 0 Å². The molecule has 0 aromatic carbocycles. The van der Waals surface area contributed by atoms with Gasteiger partial charge in [-0.3, -0.25) is 4.79 Å². The summed E-state index contributed by atoms with van der Waals surface area (Å²) in [6.45, 7) is 6.07. The highest BCUT2D eigenvalue weighted by Crippen LogP contribution is 2.30. The Morgan fingerprint density at radius 2 is 2.31 bits per heavy atom. The molecule has 0 unspecified atom stereocenters. The van der Waals surface area contributed by atoms with Crippen LogP contribution >= 0.6 is 0 Å². The summed E-state index contributed by atoms with van der Waals surface area (Å²) in [4.78, 5) is 10.7. The Labute approximate surface area is 76.0 Å². The van der Waals surface area contributed by atoms with E-state index in [4.69, 9.17) is 4.74 Å². The Hall–Kier alpha value is -1.07. The lowest BCUT2D eigenvalue weighted by atomic mass is 9.99. The molecule has 0 aliphatic carbocycles. The molecule has 1 heterocycles. The molecule has 0 radical (unpaired) electrons. The third-order valence-corrected chi connectivity index (χ3v) is 1.99. The molecule has 5 nitrogen and oxygen atoms in total. The van der Waals surface area contributed by atoms with Gasteiger partial charge in [0.1, 0.15) is 11.9 Å². The van der Waals surface area contributed by atoms with Gasteiger partial charge in [-0.2, -0.15) is 0 Å². The van der Waals surface area contributed by atoms with Crippen LogP contribution in [0.1, 0.15) is 13.8 Å². The molecular weight excluding hydrogens is 174 g/mol. The molecule has 0 aromatic heterocycles. The van der Waals surface area contributed by atoms with Gasteiger partial charge in [-0.1, -0.05) is 6.58 Å². The van der Waals surface area contributed by atoms with Crippen molar-refractivity contribution in [2.75, 3.05) is 0 Å². The summed E-state index contributed by atoms with van der Waals surface area (Å²) < 4.78 is 4.97. The van der Waals surface area contributed by atoms with Crippen LogP contribution in [0.15, 0.2) is 12.3 Å². The molecule has 3 N–H and O–H groups in total. The SMILES string of the molecule is C=C1O[C@@H](NC(C)=O)[C@](C)(O)[C@@H]1O. The molecule has 1 amide bonds. The molecule has 5 heteroatoms. The third kappa shape index (κ3) is 1.66. The van der Waals surface area contributed by atoms with Gasteiger partial charge < -0.3 is 20.3 Å². The standard InChI is InChI=1S/C8H13NO4/c1-4-6(11)8(3,12)7(13-4)9-5(2)10/h6-7,11-12H,1H2,2-3H3,(H,9,10)/t6-,7-,8-/m1/s1. The van der Waals surface area contributed by atoms with E-state index >= 15 is 0 Å². The van der Waals surface area contributed by atoms with Crippen LogP contribution in [0.5, 0.6) is 0 Å². The largest absolute Gasteiger partial charge is 0.470 e. The number of carbonyl (C=O) groups is 1. The predicted octanol–water partition coefficient (Wildman–Crippen LogP) is -0.896. The molecule has 0 saturated carbocycles. The second-order valence-corrected chi connectivity index (χ2v) is 3.29. The Bertz CT molecular complexity index is 247. The van der Waals surface area contributed by atoms with Gasteiger partial charge in [0.2, 0.25) is 12.1 Å². The van der Waals surface area contributed by atoms with Gasteiger partial charge in [0.05, 0.1) is 0 Å². The minimum absolute atomic E-state index is 0.0590. The maximum atomic E-state index is 10.7.